The maximum absolute atomic E-state index is 10.7. The normalized spacial score (nSPS) is 9.93. The van der Waals surface area contributed by atoms with Crippen molar-refractivity contribution < 1.29 is 9.90 Å². The summed E-state index contributed by atoms with van der Waals surface area (Å²) in [6.45, 7) is 0. The van der Waals surface area contributed by atoms with Crippen LogP contribution in [0.1, 0.15) is 15.9 Å². The largest absolute Gasteiger partial charge is 0.499 e. The van der Waals surface area contributed by atoms with E-state index >= 15 is 0 Å². The lowest BCUT2D eigenvalue weighted by Crippen LogP contribution is -1.82. The van der Waals surface area contributed by atoms with Crippen LogP contribution in [0.4, 0.5) is 0 Å². The predicted molar refractivity (Wildman–Crippen MR) is 53.6 cm³/mol. The zero-order valence-electron chi connectivity index (χ0n) is 7.02. The van der Waals surface area contributed by atoms with E-state index in [1.165, 1.54) is 6.07 Å². The standard InChI is InChI=1S/C10H5NO2S/c11-4-6-1-2-7(5-12)8-3-9(13)14-10(6)8/h1-3,5,13H. The molecule has 0 saturated heterocycles. The van der Waals surface area contributed by atoms with Crippen molar-refractivity contribution in [2.75, 3.05) is 0 Å². The molecular weight excluding hydrogens is 198 g/mol. The van der Waals surface area contributed by atoms with Gasteiger partial charge in [0.05, 0.1) is 10.3 Å². The molecule has 3 nitrogen and oxygen atoms in total. The molecule has 0 aliphatic heterocycles. The number of thiophene rings is 1. The lowest BCUT2D eigenvalue weighted by atomic mass is 10.1. The van der Waals surface area contributed by atoms with E-state index in [4.69, 9.17) is 5.26 Å². The van der Waals surface area contributed by atoms with Crippen LogP contribution < -0.4 is 0 Å². The molecule has 0 amide bonds. The van der Waals surface area contributed by atoms with Crippen LogP contribution >= 0.6 is 11.3 Å². The molecule has 1 N–H and O–H groups in total. The van der Waals surface area contributed by atoms with Gasteiger partial charge in [0.2, 0.25) is 0 Å². The Morgan fingerprint density at radius 1 is 1.50 bits per heavy atom. The first-order valence-corrected chi connectivity index (χ1v) is 4.68. The predicted octanol–water partition coefficient (Wildman–Crippen LogP) is 2.29. The Labute approximate surface area is 83.8 Å². The Balaban J connectivity index is 2.92. The number of benzene rings is 1. The summed E-state index contributed by atoms with van der Waals surface area (Å²) in [7, 11) is 0. The Hall–Kier alpha value is -1.86. The van der Waals surface area contributed by atoms with E-state index in [1.54, 1.807) is 12.1 Å². The number of hydrogen-bond acceptors (Lipinski definition) is 4. The molecule has 14 heavy (non-hydrogen) atoms. The van der Waals surface area contributed by atoms with Crippen molar-refractivity contribution in [2.45, 2.75) is 0 Å². The summed E-state index contributed by atoms with van der Waals surface area (Å²) < 4.78 is 0.662. The third-order valence-corrected chi connectivity index (χ3v) is 2.92. The molecule has 4 heteroatoms. The van der Waals surface area contributed by atoms with Crippen molar-refractivity contribution in [3.8, 4) is 11.1 Å². The highest BCUT2D eigenvalue weighted by atomic mass is 32.1. The molecule has 0 bridgehead atoms. The fourth-order valence-corrected chi connectivity index (χ4v) is 2.22. The third-order valence-electron chi connectivity index (χ3n) is 1.95. The van der Waals surface area contributed by atoms with Gasteiger partial charge in [-0.1, -0.05) is 11.3 Å². The van der Waals surface area contributed by atoms with Gasteiger partial charge in [-0.3, -0.25) is 4.79 Å². The highest BCUT2D eigenvalue weighted by Crippen LogP contribution is 2.34. The number of nitrogens with zero attached hydrogens (tertiary/aromatic N) is 1. The lowest BCUT2D eigenvalue weighted by Gasteiger charge is -1.94. The van der Waals surface area contributed by atoms with E-state index in [0.717, 1.165) is 17.6 Å². The van der Waals surface area contributed by atoms with E-state index in [1.807, 2.05) is 6.07 Å². The molecule has 68 valence electrons. The number of aldehydes is 1. The molecule has 1 heterocycles. The second-order valence-corrected chi connectivity index (χ2v) is 3.79. The van der Waals surface area contributed by atoms with Gasteiger partial charge in [0.1, 0.15) is 6.07 Å². The Kier molecular flexibility index (Phi) is 1.95. The second-order valence-electron chi connectivity index (χ2n) is 2.76. The van der Waals surface area contributed by atoms with Crippen LogP contribution in [-0.2, 0) is 0 Å². The summed E-state index contributed by atoms with van der Waals surface area (Å²) in [6, 6.07) is 6.69. The minimum absolute atomic E-state index is 0.116. The summed E-state index contributed by atoms with van der Waals surface area (Å²) in [6.07, 6.45) is 0.718. The summed E-state index contributed by atoms with van der Waals surface area (Å²) in [5, 5.41) is 18.8. The van der Waals surface area contributed by atoms with Crippen molar-refractivity contribution in [3.05, 3.63) is 29.3 Å². The molecule has 2 rings (SSSR count). The van der Waals surface area contributed by atoms with Crippen molar-refractivity contribution in [1.82, 2.24) is 0 Å². The Bertz CT molecular complexity index is 551. The van der Waals surface area contributed by atoms with Crippen LogP contribution in [0.2, 0.25) is 0 Å². The Morgan fingerprint density at radius 2 is 2.29 bits per heavy atom. The monoisotopic (exact) mass is 203 g/mol. The van der Waals surface area contributed by atoms with Crippen molar-refractivity contribution in [1.29, 1.82) is 5.26 Å². The molecule has 0 aliphatic carbocycles. The second kappa shape index (κ2) is 3.13. The zero-order valence-corrected chi connectivity index (χ0v) is 7.84. The highest BCUT2D eigenvalue weighted by Gasteiger charge is 2.09. The highest BCUT2D eigenvalue weighted by molar-refractivity contribution is 7.21. The minimum Gasteiger partial charge on any atom is -0.499 e. The molecule has 0 radical (unpaired) electrons. The quantitative estimate of drug-likeness (QED) is 0.723. The van der Waals surface area contributed by atoms with Gasteiger partial charge >= 0.3 is 0 Å². The van der Waals surface area contributed by atoms with Crippen LogP contribution in [0, 0.1) is 11.3 Å². The fourth-order valence-electron chi connectivity index (χ4n) is 1.32. The van der Waals surface area contributed by atoms with Crippen molar-refractivity contribution in [2.24, 2.45) is 0 Å². The number of hydrogen-bond donors (Lipinski definition) is 1. The average Bonchev–Trinajstić information content (AvgIpc) is 2.57. The number of nitriles is 1. The minimum atomic E-state index is 0.116. The van der Waals surface area contributed by atoms with Gasteiger partial charge in [-0.15, -0.1) is 0 Å². The van der Waals surface area contributed by atoms with E-state index in [2.05, 4.69) is 0 Å². The molecule has 0 atom stereocenters. The van der Waals surface area contributed by atoms with Gasteiger partial charge in [-0.2, -0.15) is 5.26 Å². The van der Waals surface area contributed by atoms with E-state index in [-0.39, 0.29) is 5.06 Å². The molecule has 1 aromatic heterocycles. The summed E-state index contributed by atoms with van der Waals surface area (Å²) in [5.41, 5.74) is 0.978. The number of fused-ring (bicyclic) bond motifs is 1. The molecule has 0 spiro atoms. The molecule has 1 aromatic carbocycles. The molecule has 0 fully saturated rings. The van der Waals surface area contributed by atoms with Gasteiger partial charge in [0.15, 0.2) is 11.3 Å². The van der Waals surface area contributed by atoms with Crippen molar-refractivity contribution in [3.63, 3.8) is 0 Å². The number of carbonyl (C=O) groups excluding carboxylic acids is 1. The third kappa shape index (κ3) is 1.15. The van der Waals surface area contributed by atoms with E-state index in [0.29, 0.717) is 21.2 Å². The van der Waals surface area contributed by atoms with Gasteiger partial charge in [-0.25, -0.2) is 0 Å². The average molecular weight is 203 g/mol. The summed E-state index contributed by atoms with van der Waals surface area (Å²) in [4.78, 5) is 10.7. The lowest BCUT2D eigenvalue weighted by molar-refractivity contribution is 0.112. The number of aromatic hydroxyl groups is 1. The van der Waals surface area contributed by atoms with Crippen LogP contribution in [0.25, 0.3) is 10.1 Å². The first kappa shape index (κ1) is 8.73. The SMILES string of the molecule is N#Cc1ccc(C=O)c2cc(O)sc12. The number of rotatable bonds is 1. The summed E-state index contributed by atoms with van der Waals surface area (Å²) in [5.74, 6) is 0. The maximum Gasteiger partial charge on any atom is 0.172 e. The first-order valence-electron chi connectivity index (χ1n) is 3.87. The topological polar surface area (TPSA) is 61.1 Å². The van der Waals surface area contributed by atoms with Gasteiger partial charge < -0.3 is 5.11 Å². The molecular formula is C10H5NO2S. The summed E-state index contributed by atoms with van der Waals surface area (Å²) >= 11 is 1.11. The van der Waals surface area contributed by atoms with Crippen LogP contribution in [0.5, 0.6) is 5.06 Å². The number of carbonyl (C=O) groups is 1. The van der Waals surface area contributed by atoms with Gasteiger partial charge in [0.25, 0.3) is 0 Å². The maximum atomic E-state index is 10.7. The Morgan fingerprint density at radius 3 is 2.93 bits per heavy atom. The molecule has 0 saturated carbocycles. The van der Waals surface area contributed by atoms with Crippen LogP contribution in [0.15, 0.2) is 18.2 Å². The van der Waals surface area contributed by atoms with E-state index in [9.17, 15) is 9.90 Å². The molecule has 2 aromatic rings. The van der Waals surface area contributed by atoms with E-state index < -0.39 is 0 Å². The molecule has 0 aliphatic rings. The van der Waals surface area contributed by atoms with Crippen LogP contribution in [0.3, 0.4) is 0 Å². The fraction of sp³-hybridized carbons (Fsp3) is 0. The van der Waals surface area contributed by atoms with Gasteiger partial charge in [-0.05, 0) is 12.1 Å². The first-order chi connectivity index (χ1) is 6.76. The smallest absolute Gasteiger partial charge is 0.172 e. The van der Waals surface area contributed by atoms with Crippen molar-refractivity contribution >= 4 is 27.7 Å². The van der Waals surface area contributed by atoms with Gasteiger partial charge in [0, 0.05) is 17.0 Å². The van der Waals surface area contributed by atoms with Crippen LogP contribution in [-0.4, -0.2) is 11.4 Å². The molecule has 0 unspecified atom stereocenters. The zero-order chi connectivity index (χ0) is 10.1.